The summed E-state index contributed by atoms with van der Waals surface area (Å²) in [6.45, 7) is 4.68. The second-order valence-corrected chi connectivity index (χ2v) is 9.73. The van der Waals surface area contributed by atoms with E-state index in [1.54, 1.807) is 0 Å². The molecule has 0 aliphatic heterocycles. The van der Waals surface area contributed by atoms with Gasteiger partial charge in [0.2, 0.25) is 0 Å². The molecular formula is C19H29O4P. The molecule has 0 saturated heterocycles. The van der Waals surface area contributed by atoms with Gasteiger partial charge < -0.3 is 9.42 Å². The van der Waals surface area contributed by atoms with E-state index >= 15 is 0 Å². The van der Waals surface area contributed by atoms with Gasteiger partial charge in [-0.25, -0.2) is 0 Å². The molecule has 4 aliphatic carbocycles. The van der Waals surface area contributed by atoms with Crippen LogP contribution in [0.25, 0.3) is 0 Å². The Labute approximate surface area is 145 Å². The van der Waals surface area contributed by atoms with Crippen LogP contribution >= 0.6 is 8.25 Å². The van der Waals surface area contributed by atoms with Gasteiger partial charge in [-0.05, 0) is 79.6 Å². The molecule has 0 heterocycles. The van der Waals surface area contributed by atoms with E-state index in [1.807, 2.05) is 6.08 Å². The fourth-order valence-electron chi connectivity index (χ4n) is 6.83. The van der Waals surface area contributed by atoms with Crippen molar-refractivity contribution >= 4 is 14.0 Å². The highest BCUT2D eigenvalue weighted by Gasteiger charge is 2.59. The minimum atomic E-state index is -2.87. The van der Waals surface area contributed by atoms with Crippen molar-refractivity contribution in [2.75, 3.05) is 0 Å². The molecule has 0 aromatic carbocycles. The number of allylic oxidation sites excluding steroid dienone is 1. The average Bonchev–Trinajstić information content (AvgIpc) is 2.84. The van der Waals surface area contributed by atoms with Gasteiger partial charge in [0.1, 0.15) is 0 Å². The van der Waals surface area contributed by atoms with Crippen LogP contribution in [-0.4, -0.2) is 16.8 Å². The lowest BCUT2D eigenvalue weighted by atomic mass is 9.47. The van der Waals surface area contributed by atoms with Crippen molar-refractivity contribution in [2.24, 2.45) is 28.6 Å². The molecule has 7 atom stereocenters. The van der Waals surface area contributed by atoms with Gasteiger partial charge in [-0.2, -0.15) is 0 Å². The number of carbonyl (C=O) groups excluding carboxylic acids is 1. The lowest BCUT2D eigenvalue weighted by Crippen LogP contribution is -2.51. The highest BCUT2D eigenvalue weighted by atomic mass is 31.1. The van der Waals surface area contributed by atoms with Crippen LogP contribution in [0.5, 0.6) is 0 Å². The molecule has 0 amide bonds. The maximum Gasteiger partial charge on any atom is 0.316 e. The summed E-state index contributed by atoms with van der Waals surface area (Å²) < 4.78 is 16.7. The minimum Gasteiger partial charge on any atom is -0.326 e. The Bertz CT molecular complexity index is 614. The highest BCUT2D eigenvalue weighted by Crippen LogP contribution is 2.66. The fourth-order valence-corrected chi connectivity index (χ4v) is 7.46. The largest absolute Gasteiger partial charge is 0.326 e. The Morgan fingerprint density at radius 2 is 1.92 bits per heavy atom. The molecule has 4 aliphatic rings. The molecular weight excluding hydrogens is 323 g/mol. The molecule has 0 aromatic heterocycles. The normalized spacial score (nSPS) is 49.0. The van der Waals surface area contributed by atoms with Gasteiger partial charge in [-0.15, -0.1) is 0 Å². The molecule has 0 bridgehead atoms. The molecule has 24 heavy (non-hydrogen) atoms. The second kappa shape index (κ2) is 5.79. The number of rotatable bonds is 2. The first kappa shape index (κ1) is 17.0. The van der Waals surface area contributed by atoms with Crippen molar-refractivity contribution in [3.05, 3.63) is 11.6 Å². The first-order chi connectivity index (χ1) is 11.3. The lowest BCUT2D eigenvalue weighted by Gasteiger charge is -2.57. The molecule has 4 nitrogen and oxygen atoms in total. The van der Waals surface area contributed by atoms with Gasteiger partial charge in [0, 0.05) is 6.42 Å². The van der Waals surface area contributed by atoms with Crippen LogP contribution in [0.15, 0.2) is 11.6 Å². The third kappa shape index (κ3) is 2.40. The van der Waals surface area contributed by atoms with Crippen molar-refractivity contribution in [1.29, 1.82) is 0 Å². The molecule has 3 saturated carbocycles. The van der Waals surface area contributed by atoms with E-state index in [2.05, 4.69) is 13.8 Å². The van der Waals surface area contributed by atoms with Crippen molar-refractivity contribution in [1.82, 2.24) is 0 Å². The van der Waals surface area contributed by atoms with Crippen molar-refractivity contribution in [3.8, 4) is 0 Å². The molecule has 1 N–H and O–H groups in total. The zero-order valence-corrected chi connectivity index (χ0v) is 15.7. The first-order valence-electron chi connectivity index (χ1n) is 9.48. The zero-order valence-electron chi connectivity index (χ0n) is 14.7. The smallest absolute Gasteiger partial charge is 0.316 e. The Morgan fingerprint density at radius 1 is 1.12 bits per heavy atom. The van der Waals surface area contributed by atoms with E-state index in [4.69, 9.17) is 4.52 Å². The molecule has 4 rings (SSSR count). The Morgan fingerprint density at radius 3 is 2.67 bits per heavy atom. The van der Waals surface area contributed by atoms with Crippen molar-refractivity contribution < 1.29 is 18.8 Å². The molecule has 3 fully saturated rings. The zero-order chi connectivity index (χ0) is 17.1. The quantitative estimate of drug-likeness (QED) is 0.753. The van der Waals surface area contributed by atoms with Crippen LogP contribution in [-0.2, 0) is 13.9 Å². The summed E-state index contributed by atoms with van der Waals surface area (Å²) in [4.78, 5) is 21.1. The van der Waals surface area contributed by atoms with Gasteiger partial charge >= 0.3 is 8.25 Å². The summed E-state index contributed by atoms with van der Waals surface area (Å²) in [6, 6.07) is 0. The maximum absolute atomic E-state index is 11.9. The first-order valence-corrected chi connectivity index (χ1v) is 10.7. The summed E-state index contributed by atoms with van der Waals surface area (Å²) in [7, 11) is -2.87. The van der Waals surface area contributed by atoms with E-state index in [-0.39, 0.29) is 16.9 Å². The van der Waals surface area contributed by atoms with E-state index < -0.39 is 8.25 Å². The summed E-state index contributed by atoms with van der Waals surface area (Å²) in [5.74, 6) is 2.24. The van der Waals surface area contributed by atoms with E-state index in [0.29, 0.717) is 30.0 Å². The number of carbonyl (C=O) groups is 1. The van der Waals surface area contributed by atoms with Gasteiger partial charge in [0.05, 0.1) is 6.10 Å². The molecule has 1 unspecified atom stereocenters. The topological polar surface area (TPSA) is 63.6 Å². The van der Waals surface area contributed by atoms with E-state index in [1.165, 1.54) is 12.0 Å². The maximum atomic E-state index is 11.9. The van der Waals surface area contributed by atoms with Crippen molar-refractivity contribution in [3.63, 3.8) is 0 Å². The Hall–Kier alpha value is -0.440. The SMILES string of the molecule is C[C@]12CC[C@H]3[C@@H](CCC4=CC(=O)CC[C@@]43C)[C@@H]1CC[C@@H]2O[PH](=O)O. The second-order valence-electron chi connectivity index (χ2n) is 8.96. The lowest BCUT2D eigenvalue weighted by molar-refractivity contribution is -0.117. The summed E-state index contributed by atoms with van der Waals surface area (Å²) >= 11 is 0. The third-order valence-electron chi connectivity index (χ3n) is 8.12. The summed E-state index contributed by atoms with van der Waals surface area (Å²) in [6.07, 6.45) is 10.1. The Balaban J connectivity index is 1.62. The molecule has 0 spiro atoms. The van der Waals surface area contributed by atoms with Crippen LogP contribution in [0.2, 0.25) is 0 Å². The minimum absolute atomic E-state index is 0.0479. The molecule has 0 radical (unpaired) electrons. The summed E-state index contributed by atoms with van der Waals surface area (Å²) in [5.41, 5.74) is 1.64. The predicted molar refractivity (Wildman–Crippen MR) is 92.8 cm³/mol. The van der Waals surface area contributed by atoms with Crippen LogP contribution in [0.3, 0.4) is 0 Å². The van der Waals surface area contributed by atoms with Crippen LogP contribution in [0.4, 0.5) is 0 Å². The van der Waals surface area contributed by atoms with Crippen LogP contribution < -0.4 is 0 Å². The third-order valence-corrected chi connectivity index (χ3v) is 8.60. The van der Waals surface area contributed by atoms with Crippen LogP contribution in [0.1, 0.15) is 65.2 Å². The number of ketones is 1. The van der Waals surface area contributed by atoms with E-state index in [9.17, 15) is 14.3 Å². The van der Waals surface area contributed by atoms with Gasteiger partial charge in [-0.1, -0.05) is 19.4 Å². The van der Waals surface area contributed by atoms with E-state index in [0.717, 1.165) is 38.5 Å². The van der Waals surface area contributed by atoms with Gasteiger partial charge in [0.15, 0.2) is 5.78 Å². The standard InChI is InChI=1S/C19H29O4P/c1-18-9-7-13(20)11-12(18)3-4-14-15-5-6-17(23-24(21)22)19(15,2)10-8-16(14)18/h11,14-17,24H,3-10H2,1-2H3,(H,21,22)/t14-,15-,16-,17-,18-,19-/m0/s1. The average molecular weight is 352 g/mol. The highest BCUT2D eigenvalue weighted by molar-refractivity contribution is 7.32. The Kier molecular flexibility index (Phi) is 4.10. The summed E-state index contributed by atoms with van der Waals surface area (Å²) in [5, 5.41) is 0. The molecule has 5 heteroatoms. The predicted octanol–water partition coefficient (Wildman–Crippen LogP) is 4.29. The fraction of sp³-hybridized carbons (Fsp3) is 0.842. The van der Waals surface area contributed by atoms with Gasteiger partial charge in [-0.3, -0.25) is 9.36 Å². The number of hydrogen-bond donors (Lipinski definition) is 1. The molecule has 134 valence electrons. The monoisotopic (exact) mass is 352 g/mol. The number of hydrogen-bond acceptors (Lipinski definition) is 3. The number of fused-ring (bicyclic) bond motifs is 5. The molecule has 0 aromatic rings. The van der Waals surface area contributed by atoms with Gasteiger partial charge in [0.25, 0.3) is 0 Å². The van der Waals surface area contributed by atoms with Crippen LogP contribution in [0, 0.1) is 28.6 Å². The van der Waals surface area contributed by atoms with Crippen molar-refractivity contribution in [2.45, 2.75) is 71.3 Å².